The van der Waals surface area contributed by atoms with E-state index in [2.05, 4.69) is 17.0 Å². The van der Waals surface area contributed by atoms with Crippen molar-refractivity contribution in [3.63, 3.8) is 0 Å². The zero-order chi connectivity index (χ0) is 18.2. The normalized spacial score (nSPS) is 10.0. The molecule has 0 radical (unpaired) electrons. The van der Waals surface area contributed by atoms with Gasteiger partial charge < -0.3 is 20.3 Å². The first-order valence-corrected chi connectivity index (χ1v) is 8.00. The van der Waals surface area contributed by atoms with Gasteiger partial charge in [0.1, 0.15) is 5.75 Å². The van der Waals surface area contributed by atoms with Crippen molar-refractivity contribution >= 4 is 23.4 Å². The smallest absolute Gasteiger partial charge is 0.255 e. The maximum Gasteiger partial charge on any atom is 0.255 e. The van der Waals surface area contributed by atoms with E-state index in [1.165, 1.54) is 0 Å². The first kappa shape index (κ1) is 18.2. The van der Waals surface area contributed by atoms with Crippen LogP contribution in [0.25, 0.3) is 11.6 Å². The largest absolute Gasteiger partial charge is 0.502 e. The molecule has 130 valence electrons. The Morgan fingerprint density at radius 3 is 2.36 bits per heavy atom. The summed E-state index contributed by atoms with van der Waals surface area (Å²) >= 11 is 0. The highest BCUT2D eigenvalue weighted by Gasteiger charge is 2.16. The van der Waals surface area contributed by atoms with Gasteiger partial charge in [-0.05, 0) is 31.5 Å². The quantitative estimate of drug-likeness (QED) is 0.725. The number of hydrogen-bond donors (Lipinski definition) is 2. The highest BCUT2D eigenvalue weighted by molar-refractivity contribution is 6.05. The van der Waals surface area contributed by atoms with Crippen LogP contribution in [0.5, 0.6) is 11.5 Å². The van der Waals surface area contributed by atoms with Gasteiger partial charge in [0.15, 0.2) is 5.75 Å². The number of nitrogens with one attached hydrogen (secondary N) is 2. The average molecular weight is 339 g/mol. The molecule has 6 heteroatoms. The Kier molecular flexibility index (Phi) is 6.28. The van der Waals surface area contributed by atoms with Crippen LogP contribution >= 0.6 is 0 Å². The molecule has 0 saturated heterocycles. The summed E-state index contributed by atoms with van der Waals surface area (Å²) < 4.78 is 11.0. The Balaban J connectivity index is 2.34. The molecule has 0 aromatic heterocycles. The van der Waals surface area contributed by atoms with E-state index >= 15 is 0 Å². The summed E-state index contributed by atoms with van der Waals surface area (Å²) in [5.74, 6) is 0.563. The van der Waals surface area contributed by atoms with E-state index in [1.807, 2.05) is 26.0 Å². The third-order valence-corrected chi connectivity index (χ3v) is 3.46. The van der Waals surface area contributed by atoms with Crippen molar-refractivity contribution in [1.82, 2.24) is 0 Å². The molecular weight excluding hydrogens is 318 g/mol. The van der Waals surface area contributed by atoms with Gasteiger partial charge >= 0.3 is 0 Å². The number of anilines is 1. The lowest BCUT2D eigenvalue weighted by molar-refractivity contribution is -0.380. The molecule has 0 atom stereocenters. The molecular formula is C19H21N3O3. The van der Waals surface area contributed by atoms with Gasteiger partial charge in [-0.15, -0.1) is 0 Å². The maximum atomic E-state index is 12.5. The number of ether oxygens (including phenoxy) is 2. The molecule has 0 aliphatic carbocycles. The van der Waals surface area contributed by atoms with Crippen LogP contribution in [0.3, 0.4) is 0 Å². The van der Waals surface area contributed by atoms with Crippen LogP contribution in [0, 0.1) is 0 Å². The van der Waals surface area contributed by atoms with Gasteiger partial charge in [0, 0.05) is 11.6 Å². The molecule has 2 N–H and O–H groups in total. The second-order valence-electron chi connectivity index (χ2n) is 5.10. The minimum Gasteiger partial charge on any atom is -0.502 e. The number of benzene rings is 2. The van der Waals surface area contributed by atoms with Crippen molar-refractivity contribution in [1.29, 1.82) is 0 Å². The summed E-state index contributed by atoms with van der Waals surface area (Å²) in [5.41, 5.74) is 11.5. The fraction of sp³-hybridized carbons (Fsp3) is 0.211. The standard InChI is InChI=1S/C19H21N3O3/c1-4-13-7-9-14(10-8-13)19(23)21-15-11-18(25-6-3)16(22-20)12-17(15)24-5-2/h4,7-12,22H,1,5-6H2,2-3H3,(H,21,23). The molecule has 2 aromatic carbocycles. The fourth-order valence-corrected chi connectivity index (χ4v) is 2.26. The first-order chi connectivity index (χ1) is 12.1. The van der Waals surface area contributed by atoms with Crippen LogP contribution < -0.4 is 19.9 Å². The van der Waals surface area contributed by atoms with Crippen LogP contribution in [-0.2, 0) is 0 Å². The Morgan fingerprint density at radius 2 is 1.80 bits per heavy atom. The van der Waals surface area contributed by atoms with Gasteiger partial charge in [0.25, 0.3) is 5.91 Å². The Labute approximate surface area is 147 Å². The molecule has 0 bridgehead atoms. The summed E-state index contributed by atoms with van der Waals surface area (Å²) in [6, 6.07) is 10.3. The fourth-order valence-electron chi connectivity index (χ4n) is 2.26. The van der Waals surface area contributed by atoms with Gasteiger partial charge in [-0.2, -0.15) is 0 Å². The monoisotopic (exact) mass is 339 g/mol. The summed E-state index contributed by atoms with van der Waals surface area (Å²) in [5, 5.41) is 4.90. The van der Waals surface area contributed by atoms with Gasteiger partial charge in [0.2, 0.25) is 5.69 Å². The number of carbonyl (C=O) groups excluding carboxylic acids is 1. The predicted octanol–water partition coefficient (Wildman–Crippen LogP) is 3.11. The van der Waals surface area contributed by atoms with Crippen LogP contribution in [0.4, 0.5) is 11.4 Å². The molecule has 2 rings (SSSR count). The summed E-state index contributed by atoms with van der Waals surface area (Å²) in [6.45, 7) is 8.19. The second kappa shape index (κ2) is 8.63. The van der Waals surface area contributed by atoms with Crippen molar-refractivity contribution in [3.8, 4) is 11.5 Å². The van der Waals surface area contributed by atoms with Crippen LogP contribution in [-0.4, -0.2) is 19.1 Å². The molecule has 0 spiro atoms. The highest BCUT2D eigenvalue weighted by atomic mass is 16.5. The van der Waals surface area contributed by atoms with Crippen LogP contribution in [0.2, 0.25) is 0 Å². The van der Waals surface area contributed by atoms with E-state index in [4.69, 9.17) is 9.47 Å². The van der Waals surface area contributed by atoms with Crippen LogP contribution in [0.15, 0.2) is 43.0 Å². The summed E-state index contributed by atoms with van der Waals surface area (Å²) in [4.78, 5) is 12.5. The lowest BCUT2D eigenvalue weighted by Gasteiger charge is -2.14. The molecule has 6 nitrogen and oxygen atoms in total. The van der Waals surface area contributed by atoms with E-state index in [-0.39, 0.29) is 5.91 Å². The third-order valence-electron chi connectivity index (χ3n) is 3.46. The van der Waals surface area contributed by atoms with Crippen molar-refractivity contribution in [2.24, 2.45) is 0 Å². The molecule has 25 heavy (non-hydrogen) atoms. The number of carbonyl (C=O) groups is 1. The first-order valence-electron chi connectivity index (χ1n) is 8.00. The lowest BCUT2D eigenvalue weighted by atomic mass is 10.1. The molecule has 0 unspecified atom stereocenters. The Morgan fingerprint density at radius 1 is 1.16 bits per heavy atom. The minimum atomic E-state index is -0.274. The average Bonchev–Trinajstić information content (AvgIpc) is 2.64. The Bertz CT molecular complexity index is 770. The van der Waals surface area contributed by atoms with Gasteiger partial charge in [0.05, 0.1) is 25.0 Å². The number of nitrogens with zero attached hydrogens (tertiary/aromatic N) is 1. The van der Waals surface area contributed by atoms with E-state index in [0.717, 1.165) is 5.56 Å². The molecule has 2 aromatic rings. The summed E-state index contributed by atoms with van der Waals surface area (Å²) in [6.07, 6.45) is 1.71. The Hall–Kier alpha value is -3.15. The topological polar surface area (TPSA) is 83.8 Å². The minimum absolute atomic E-state index is 0.274. The molecule has 0 saturated carbocycles. The van der Waals surface area contributed by atoms with E-state index in [0.29, 0.717) is 41.7 Å². The van der Waals surface area contributed by atoms with E-state index in [1.54, 1.807) is 30.3 Å². The molecule has 0 aliphatic heterocycles. The van der Waals surface area contributed by atoms with Crippen molar-refractivity contribution in [2.45, 2.75) is 13.8 Å². The molecule has 0 fully saturated rings. The van der Waals surface area contributed by atoms with E-state index in [9.17, 15) is 10.3 Å². The van der Waals surface area contributed by atoms with Gasteiger partial charge in [-0.1, -0.05) is 24.8 Å². The van der Waals surface area contributed by atoms with Crippen molar-refractivity contribution in [3.05, 3.63) is 59.6 Å². The zero-order valence-electron chi connectivity index (χ0n) is 14.3. The van der Waals surface area contributed by atoms with Gasteiger partial charge in [-0.3, -0.25) is 9.91 Å². The van der Waals surface area contributed by atoms with E-state index < -0.39 is 0 Å². The van der Waals surface area contributed by atoms with Crippen molar-refractivity contribution in [2.75, 3.05) is 18.5 Å². The van der Waals surface area contributed by atoms with Crippen LogP contribution in [0.1, 0.15) is 29.8 Å². The molecule has 1 amide bonds. The number of hydrogen-bond acceptors (Lipinski definition) is 3. The predicted molar refractivity (Wildman–Crippen MR) is 97.2 cm³/mol. The SMILES string of the molecule is C=Cc1ccc(C(=O)Nc2cc(OCC)c([NH+]=[N-])cc2OCC)cc1. The maximum absolute atomic E-state index is 12.5. The lowest BCUT2D eigenvalue weighted by Crippen LogP contribution is -2.54. The molecule has 0 heterocycles. The summed E-state index contributed by atoms with van der Waals surface area (Å²) in [7, 11) is 0. The van der Waals surface area contributed by atoms with Crippen molar-refractivity contribution < 1.29 is 19.4 Å². The number of amides is 1. The second-order valence-corrected chi connectivity index (χ2v) is 5.10. The number of rotatable bonds is 8. The zero-order valence-corrected chi connectivity index (χ0v) is 14.3. The highest BCUT2D eigenvalue weighted by Crippen LogP contribution is 2.34. The third kappa shape index (κ3) is 4.44. The molecule has 0 aliphatic rings. The van der Waals surface area contributed by atoms with Gasteiger partial charge in [-0.25, -0.2) is 0 Å².